The highest BCUT2D eigenvalue weighted by molar-refractivity contribution is 5.98. The molecule has 0 bridgehead atoms. The molecule has 5 heteroatoms. The van der Waals surface area contributed by atoms with Crippen LogP contribution in [0.5, 0.6) is 5.75 Å². The lowest BCUT2D eigenvalue weighted by molar-refractivity contribution is 0.0437. The zero-order valence-corrected chi connectivity index (χ0v) is 17.5. The molecule has 158 valence electrons. The van der Waals surface area contributed by atoms with Crippen LogP contribution in [0.1, 0.15) is 34.5 Å². The number of esters is 1. The van der Waals surface area contributed by atoms with Gasteiger partial charge in [0.05, 0.1) is 5.39 Å². The first-order valence-electron chi connectivity index (χ1n) is 10.7. The van der Waals surface area contributed by atoms with E-state index in [2.05, 4.69) is 11.4 Å². The van der Waals surface area contributed by atoms with Crippen LogP contribution in [0.3, 0.4) is 0 Å². The summed E-state index contributed by atoms with van der Waals surface area (Å²) in [5.74, 6) is 0.533. The molecule has 31 heavy (non-hydrogen) atoms. The minimum absolute atomic E-state index is 0.171. The number of nitrogens with one attached hydrogen (secondary N) is 1. The summed E-state index contributed by atoms with van der Waals surface area (Å²) in [6.45, 7) is 3.99. The van der Waals surface area contributed by atoms with E-state index in [1.165, 1.54) is 0 Å². The zero-order chi connectivity index (χ0) is 21.2. The Balaban J connectivity index is 1.35. The quantitative estimate of drug-likeness (QED) is 0.443. The Hall–Kier alpha value is -3.31. The number of hydrogen-bond acceptors (Lipinski definition) is 5. The van der Waals surface area contributed by atoms with Crippen LogP contribution in [0, 0.1) is 6.92 Å². The molecule has 1 aliphatic rings. The molecule has 4 aromatic rings. The molecule has 0 saturated carbocycles. The monoisotopic (exact) mass is 415 g/mol. The molecule has 3 aromatic carbocycles. The molecule has 0 unspecified atom stereocenters. The summed E-state index contributed by atoms with van der Waals surface area (Å²) >= 11 is 0. The largest absolute Gasteiger partial charge is 0.490 e. The minimum atomic E-state index is -0.463. The third-order valence-corrected chi connectivity index (χ3v) is 5.86. The third kappa shape index (κ3) is 4.01. The van der Waals surface area contributed by atoms with Gasteiger partial charge in [0.15, 0.2) is 0 Å². The van der Waals surface area contributed by atoms with Crippen molar-refractivity contribution in [2.24, 2.45) is 0 Å². The van der Waals surface area contributed by atoms with Crippen molar-refractivity contribution in [2.75, 3.05) is 13.1 Å². The Labute approximate surface area is 180 Å². The van der Waals surface area contributed by atoms with Gasteiger partial charge in [-0.1, -0.05) is 42.5 Å². The maximum Gasteiger partial charge on any atom is 0.374 e. The smallest absolute Gasteiger partial charge is 0.374 e. The summed E-state index contributed by atoms with van der Waals surface area (Å²) in [6.07, 6.45) is 2.10. The van der Waals surface area contributed by atoms with Crippen LogP contribution < -0.4 is 10.1 Å². The van der Waals surface area contributed by atoms with E-state index in [4.69, 9.17) is 13.9 Å². The predicted octanol–water partition coefficient (Wildman–Crippen LogP) is 5.38. The SMILES string of the molecule is Cc1c(C(=O)OCc2ccc3ccccc3c2)oc2cccc(OC3CCNCC3)c12. The summed E-state index contributed by atoms with van der Waals surface area (Å²) in [4.78, 5) is 12.8. The fraction of sp³-hybridized carbons (Fsp3) is 0.269. The zero-order valence-electron chi connectivity index (χ0n) is 17.5. The summed E-state index contributed by atoms with van der Waals surface area (Å²) in [6, 6.07) is 19.9. The van der Waals surface area contributed by atoms with E-state index in [1.54, 1.807) is 0 Å². The molecule has 1 N–H and O–H groups in total. The molecule has 1 saturated heterocycles. The Kier molecular flexibility index (Phi) is 5.35. The molecule has 1 aromatic heterocycles. The van der Waals surface area contributed by atoms with Crippen LogP contribution >= 0.6 is 0 Å². The van der Waals surface area contributed by atoms with Gasteiger partial charge in [0.25, 0.3) is 0 Å². The van der Waals surface area contributed by atoms with Gasteiger partial charge >= 0.3 is 5.97 Å². The standard InChI is InChI=1S/C26H25NO4/c1-17-24-22(30-21-11-13-27-14-12-21)7-4-8-23(24)31-25(17)26(28)29-16-18-9-10-19-5-2-3-6-20(19)15-18/h2-10,15,21,27H,11-14,16H2,1H3. The number of benzene rings is 3. The maximum atomic E-state index is 12.8. The normalized spacial score (nSPS) is 14.7. The van der Waals surface area contributed by atoms with Crippen molar-refractivity contribution >= 4 is 27.7 Å². The van der Waals surface area contributed by atoms with Crippen molar-refractivity contribution in [3.8, 4) is 5.75 Å². The number of rotatable bonds is 5. The summed E-state index contributed by atoms with van der Waals surface area (Å²) in [5.41, 5.74) is 2.33. The first kappa shape index (κ1) is 19.6. The van der Waals surface area contributed by atoms with Crippen molar-refractivity contribution in [3.63, 3.8) is 0 Å². The van der Waals surface area contributed by atoms with Crippen LogP contribution in [0.15, 0.2) is 65.1 Å². The maximum absolute atomic E-state index is 12.8. The van der Waals surface area contributed by atoms with Crippen LogP contribution in [0.25, 0.3) is 21.7 Å². The van der Waals surface area contributed by atoms with Crippen molar-refractivity contribution in [2.45, 2.75) is 32.5 Å². The van der Waals surface area contributed by atoms with E-state index in [1.807, 2.05) is 61.5 Å². The predicted molar refractivity (Wildman–Crippen MR) is 121 cm³/mol. The fourth-order valence-corrected chi connectivity index (χ4v) is 4.19. The van der Waals surface area contributed by atoms with Gasteiger partial charge in [0.2, 0.25) is 5.76 Å². The molecule has 0 atom stereocenters. The second kappa shape index (κ2) is 8.44. The number of piperidine rings is 1. The molecule has 0 radical (unpaired) electrons. The Morgan fingerprint density at radius 2 is 1.84 bits per heavy atom. The van der Waals surface area contributed by atoms with Gasteiger partial charge in [0.1, 0.15) is 24.0 Å². The van der Waals surface area contributed by atoms with Gasteiger partial charge in [-0.15, -0.1) is 0 Å². The molecular formula is C26H25NO4. The van der Waals surface area contributed by atoms with E-state index in [0.717, 1.165) is 59.0 Å². The van der Waals surface area contributed by atoms with E-state index in [0.29, 0.717) is 5.58 Å². The first-order valence-corrected chi connectivity index (χ1v) is 10.7. The van der Waals surface area contributed by atoms with Gasteiger partial charge in [-0.05, 0) is 67.4 Å². The highest BCUT2D eigenvalue weighted by Crippen LogP contribution is 2.34. The van der Waals surface area contributed by atoms with Crippen molar-refractivity contribution in [1.82, 2.24) is 5.32 Å². The lowest BCUT2D eigenvalue weighted by atomic mass is 10.1. The minimum Gasteiger partial charge on any atom is -0.490 e. The highest BCUT2D eigenvalue weighted by Gasteiger charge is 2.23. The van der Waals surface area contributed by atoms with Gasteiger partial charge in [0, 0.05) is 5.56 Å². The first-order chi connectivity index (χ1) is 15.2. The number of hydrogen-bond donors (Lipinski definition) is 1. The number of aryl methyl sites for hydroxylation is 1. The summed E-state index contributed by atoms with van der Waals surface area (Å²) in [5, 5.41) is 6.47. The number of carbonyl (C=O) groups excluding carboxylic acids is 1. The molecule has 0 amide bonds. The van der Waals surface area contributed by atoms with E-state index in [-0.39, 0.29) is 18.5 Å². The molecule has 1 fully saturated rings. The molecule has 2 heterocycles. The highest BCUT2D eigenvalue weighted by atomic mass is 16.5. The average molecular weight is 415 g/mol. The van der Waals surface area contributed by atoms with Crippen molar-refractivity contribution < 1.29 is 18.7 Å². The number of carbonyl (C=O) groups is 1. The second-order valence-corrected chi connectivity index (χ2v) is 8.01. The average Bonchev–Trinajstić information content (AvgIpc) is 3.15. The third-order valence-electron chi connectivity index (χ3n) is 5.86. The van der Waals surface area contributed by atoms with Gasteiger partial charge in [-0.3, -0.25) is 0 Å². The Bertz CT molecular complexity index is 1240. The van der Waals surface area contributed by atoms with Crippen molar-refractivity contribution in [3.05, 3.63) is 77.6 Å². The summed E-state index contributed by atoms with van der Waals surface area (Å²) < 4.78 is 17.7. The molecule has 0 spiro atoms. The van der Waals surface area contributed by atoms with Crippen molar-refractivity contribution in [1.29, 1.82) is 0 Å². The van der Waals surface area contributed by atoms with Gasteiger partial charge in [-0.2, -0.15) is 0 Å². The number of furan rings is 1. The van der Waals surface area contributed by atoms with Crippen LogP contribution in [-0.2, 0) is 11.3 Å². The number of fused-ring (bicyclic) bond motifs is 2. The van der Waals surface area contributed by atoms with Gasteiger partial charge in [-0.25, -0.2) is 4.79 Å². The second-order valence-electron chi connectivity index (χ2n) is 8.01. The molecule has 5 rings (SSSR count). The van der Waals surface area contributed by atoms with Crippen LogP contribution in [-0.4, -0.2) is 25.2 Å². The fourth-order valence-electron chi connectivity index (χ4n) is 4.19. The Morgan fingerprint density at radius 3 is 2.68 bits per heavy atom. The van der Waals surface area contributed by atoms with Crippen LogP contribution in [0.2, 0.25) is 0 Å². The van der Waals surface area contributed by atoms with E-state index >= 15 is 0 Å². The van der Waals surface area contributed by atoms with Crippen LogP contribution in [0.4, 0.5) is 0 Å². The molecule has 0 aliphatic carbocycles. The molecular weight excluding hydrogens is 390 g/mol. The molecule has 1 aliphatic heterocycles. The lowest BCUT2D eigenvalue weighted by Crippen LogP contribution is -2.34. The van der Waals surface area contributed by atoms with Gasteiger partial charge < -0.3 is 19.2 Å². The van der Waals surface area contributed by atoms with E-state index in [9.17, 15) is 4.79 Å². The lowest BCUT2D eigenvalue weighted by Gasteiger charge is -2.24. The Morgan fingerprint density at radius 1 is 1.03 bits per heavy atom. The topological polar surface area (TPSA) is 60.7 Å². The van der Waals surface area contributed by atoms with E-state index < -0.39 is 5.97 Å². The summed E-state index contributed by atoms with van der Waals surface area (Å²) in [7, 11) is 0. The molecule has 5 nitrogen and oxygen atoms in total. The number of ether oxygens (including phenoxy) is 2.